The number of amidine groups is 2. The number of hydrazone groups is 3. The zero-order chi connectivity index (χ0) is 96.4. The molecule has 145 heavy (non-hydrogen) atoms. The van der Waals surface area contributed by atoms with Gasteiger partial charge in [-0.2, -0.15) is 137 Å². The van der Waals surface area contributed by atoms with Gasteiger partial charge in [-0.05, 0) is 138 Å². The van der Waals surface area contributed by atoms with Crippen LogP contribution in [0, 0.1) is 97.9 Å². The SMILES string of the molecule is CC1=NN(c2[c-]c(B(c3[c-]c(-n4cc(-c5ccccc5)c([C@@H]5C=CC=CC5)n4)ccc3)c3c(C)cc(C)cc3C)ccc2)[CH-]N1c1ccccc1.Cc1cc(C)c(B(c2[c-]c(N3[CH-]N(c4ccccc4)C(c4ccccc4)=N3)ccc2)c2[c-]c(-n3cc(-c4ccccc4)c([C@@H]4C=CC=CC4)n3)ccc2)c(C)c1.[Pt].[Pt].[Pt].[c-]1c(Oc2[c-]c(-n3ccc([C@@H]4C=CC=CC4)n3)ccc2)cccc1N1[CH-]N(c2ccccc2)C=N1. The van der Waals surface area contributed by atoms with Crippen LogP contribution in [0.25, 0.3) is 39.3 Å². The summed E-state index contributed by atoms with van der Waals surface area (Å²) in [6.45, 7) is 21.0. The predicted octanol–water partition coefficient (Wildman–Crippen LogP) is 23.2. The van der Waals surface area contributed by atoms with Gasteiger partial charge in [-0.25, -0.2) is 0 Å². The van der Waals surface area contributed by atoms with Crippen LogP contribution >= 0.6 is 0 Å². The van der Waals surface area contributed by atoms with E-state index < -0.39 is 0 Å². The van der Waals surface area contributed by atoms with E-state index in [-0.39, 0.29) is 88.5 Å². The zero-order valence-electron chi connectivity index (χ0n) is 81.1. The molecule has 17 aromatic rings. The van der Waals surface area contributed by atoms with E-state index in [4.69, 9.17) is 30.2 Å². The Morgan fingerprint density at radius 1 is 0.331 bits per heavy atom. The number of hydrogen-bond acceptors (Lipinski definition) is 13. The molecule has 6 aliphatic rings. The molecule has 3 aromatic heterocycles. The van der Waals surface area contributed by atoms with Crippen LogP contribution in [0.15, 0.2) is 428 Å². The van der Waals surface area contributed by atoms with E-state index in [1.165, 1.54) is 44.3 Å². The first kappa shape index (κ1) is 100. The Bertz CT molecular complexity index is 7670. The van der Waals surface area contributed by atoms with E-state index in [0.29, 0.717) is 17.4 Å². The average molecular weight is 2430 g/mol. The van der Waals surface area contributed by atoms with Crippen molar-refractivity contribution in [3.05, 3.63) is 525 Å². The van der Waals surface area contributed by atoms with Crippen LogP contribution in [0.4, 0.5) is 34.1 Å². The topological polar surface area (TPSA) is 119 Å². The van der Waals surface area contributed by atoms with Gasteiger partial charge in [-0.3, -0.25) is 14.0 Å². The Balaban J connectivity index is 0.000000145. The molecule has 0 spiro atoms. The van der Waals surface area contributed by atoms with E-state index in [1.54, 1.807) is 11.3 Å². The van der Waals surface area contributed by atoms with Gasteiger partial charge in [0.05, 0.1) is 29.3 Å². The molecule has 16 nitrogen and oxygen atoms in total. The second-order valence-corrected chi connectivity index (χ2v) is 36.2. The van der Waals surface area contributed by atoms with E-state index in [0.717, 1.165) is 149 Å². The van der Waals surface area contributed by atoms with Crippen LogP contribution in [0.1, 0.15) is 100.0 Å². The van der Waals surface area contributed by atoms with Crippen molar-refractivity contribution in [2.45, 2.75) is 85.5 Å². The van der Waals surface area contributed by atoms with Crippen molar-refractivity contribution in [2.24, 2.45) is 15.3 Å². The van der Waals surface area contributed by atoms with Gasteiger partial charge in [0.25, 0.3) is 0 Å². The van der Waals surface area contributed by atoms with Crippen LogP contribution in [0.5, 0.6) is 11.5 Å². The number of aryl methyl sites for hydroxylation is 6. The Morgan fingerprint density at radius 2 is 0.703 bits per heavy atom. The van der Waals surface area contributed by atoms with E-state index in [2.05, 4.69) is 403 Å². The van der Waals surface area contributed by atoms with Gasteiger partial charge in [0, 0.05) is 145 Å². The largest absolute Gasteiger partial charge is 0.509 e. The monoisotopic (exact) mass is 2420 g/mol. The summed E-state index contributed by atoms with van der Waals surface area (Å²) in [5, 5.41) is 35.4. The van der Waals surface area contributed by atoms with Gasteiger partial charge in [-0.1, -0.05) is 304 Å². The first-order valence-corrected chi connectivity index (χ1v) is 48.3. The Kier molecular flexibility index (Phi) is 31.8. The molecule has 0 radical (unpaired) electrons. The fourth-order valence-electron chi connectivity index (χ4n) is 19.6. The fourth-order valence-corrected chi connectivity index (χ4v) is 19.6. The summed E-state index contributed by atoms with van der Waals surface area (Å²) < 4.78 is 11.9. The molecule has 0 fully saturated rings. The van der Waals surface area contributed by atoms with Crippen LogP contribution in [0.2, 0.25) is 0 Å². The van der Waals surface area contributed by atoms with Gasteiger partial charge in [0.15, 0.2) is 13.4 Å². The maximum Gasteiger partial charge on any atom is 0.192 e. The minimum Gasteiger partial charge on any atom is -0.509 e. The molecule has 6 heterocycles. The number of allylic oxidation sites excluding steroid dienone is 12. The molecule has 23 rings (SSSR count). The number of para-hydroxylation sites is 3. The molecular formula is C124H102B2N15OPt3-9. The quantitative estimate of drug-likeness (QED) is 0.0452. The first-order chi connectivity index (χ1) is 69.7. The molecule has 0 saturated heterocycles. The molecule has 21 heteroatoms. The number of rotatable bonds is 23. The maximum absolute atomic E-state index is 6.10. The predicted molar refractivity (Wildman–Crippen MR) is 583 cm³/mol. The van der Waals surface area contributed by atoms with Gasteiger partial charge in [0.1, 0.15) is 5.84 Å². The average Bonchev–Trinajstić information content (AvgIpc) is 1.67. The van der Waals surface area contributed by atoms with Crippen molar-refractivity contribution in [2.75, 3.05) is 29.7 Å². The van der Waals surface area contributed by atoms with Crippen molar-refractivity contribution in [3.8, 4) is 50.8 Å². The number of ether oxygens (including phenoxy) is 1. The second kappa shape index (κ2) is 46.1. The third kappa shape index (κ3) is 22.6. The molecule has 0 amide bonds. The van der Waals surface area contributed by atoms with Gasteiger partial charge in [-0.15, -0.1) is 80.7 Å². The normalized spacial score (nSPS) is 15.2. The fraction of sp³-hybridized carbons (Fsp3) is 0.105. The van der Waals surface area contributed by atoms with Crippen molar-refractivity contribution >= 4 is 98.3 Å². The molecule has 3 aliphatic carbocycles. The summed E-state index contributed by atoms with van der Waals surface area (Å²) in [4.78, 5) is 6.20. The molecule has 0 unspecified atom stereocenters. The summed E-state index contributed by atoms with van der Waals surface area (Å²) in [7, 11) is 0. The van der Waals surface area contributed by atoms with Crippen molar-refractivity contribution in [3.63, 3.8) is 0 Å². The summed E-state index contributed by atoms with van der Waals surface area (Å²) in [6.07, 6.45) is 36.8. The number of benzene rings is 14. The number of hydrogen-bond donors (Lipinski definition) is 0. The zero-order valence-corrected chi connectivity index (χ0v) is 88.0. The second-order valence-electron chi connectivity index (χ2n) is 36.2. The standard InChI is InChI=1S/C50H41BN5.C45H39BN5.C29H22N5O.3Pt/c1-36-30-37(2)48(38(3)31-36)51(42-24-16-28-45(32-42)55-34-47(39-18-8-4-9-19-39)49(52-55)40-20-10-5-11-21-40)43-25-17-29-46(33-43)56-35-54(44-26-14-7-15-27-44)50(53-56)41-22-12-6-13-23-41;1-32-26-33(2)44(34(3)27-32)46(39-21-15-25-42(29-39)51-31-49(35(4)47-51)40-22-12-7-13-23-40)38-20-14-24-41(28-38)50-30-43(36-16-8-5-9-17-36)45(48-50)37-18-10-6-11-19-37;1-3-9-23(10-4-1)29-17-18-33(31-29)25-13-7-15-27(19-25)35-28-16-8-14-26(20-28)34-22-32(21-30-34)24-11-5-2-6-12-24;;;/h4-20,22-31,34-35,40H,21H2,1-3H3;5-18,20-27,30-31,37H,19H2,1-4H3;1-9,11-18,21-23H,10H2;;;/q3*-3;;;/t40-;37-;23-;;;/m111.../s1. The van der Waals surface area contributed by atoms with Crippen LogP contribution in [-0.4, -0.2) is 60.8 Å². The number of nitrogens with zero attached hydrogens (tertiary/aromatic N) is 15. The third-order valence-corrected chi connectivity index (χ3v) is 26.2. The molecule has 0 saturated carbocycles. The van der Waals surface area contributed by atoms with Crippen molar-refractivity contribution < 1.29 is 67.9 Å². The van der Waals surface area contributed by atoms with Gasteiger partial charge in [0.2, 0.25) is 0 Å². The smallest absolute Gasteiger partial charge is 0.192 e. The van der Waals surface area contributed by atoms with E-state index in [1.807, 2.05) is 159 Å². The van der Waals surface area contributed by atoms with Crippen LogP contribution in [0.3, 0.4) is 0 Å². The Morgan fingerprint density at radius 3 is 1.15 bits per heavy atom. The van der Waals surface area contributed by atoms with E-state index >= 15 is 0 Å². The first-order valence-electron chi connectivity index (χ1n) is 48.3. The van der Waals surface area contributed by atoms with Crippen LogP contribution in [-0.2, 0) is 63.2 Å². The molecule has 0 N–H and O–H groups in total. The molecular weight excluding hydrogens is 2320 g/mol. The molecule has 724 valence electrons. The third-order valence-electron chi connectivity index (χ3n) is 26.2. The minimum atomic E-state index is -0.143. The minimum absolute atomic E-state index is 0. The number of anilines is 6. The molecule has 3 aliphatic heterocycles. The number of aromatic nitrogens is 6. The van der Waals surface area contributed by atoms with Gasteiger partial charge < -0.3 is 34.5 Å². The molecule has 14 aromatic carbocycles. The summed E-state index contributed by atoms with van der Waals surface area (Å²) in [6, 6.07) is 132. The van der Waals surface area contributed by atoms with Gasteiger partial charge >= 0.3 is 0 Å². The van der Waals surface area contributed by atoms with Crippen molar-refractivity contribution in [1.29, 1.82) is 0 Å². The Labute approximate surface area is 894 Å². The van der Waals surface area contributed by atoms with Crippen molar-refractivity contribution in [1.82, 2.24) is 29.3 Å². The summed E-state index contributed by atoms with van der Waals surface area (Å²) in [5.74, 6) is 3.65. The summed E-state index contributed by atoms with van der Waals surface area (Å²) >= 11 is 0. The Hall–Kier alpha value is -15.0. The molecule has 0 bridgehead atoms. The van der Waals surface area contributed by atoms with E-state index in [9.17, 15) is 0 Å². The molecule has 3 atom stereocenters. The summed E-state index contributed by atoms with van der Waals surface area (Å²) in [5.41, 5.74) is 31.3. The van der Waals surface area contributed by atoms with Crippen LogP contribution < -0.4 is 67.2 Å². The maximum atomic E-state index is 6.10.